The number of rotatable bonds is 3. The van der Waals surface area contributed by atoms with Crippen molar-refractivity contribution < 1.29 is 9.21 Å². The quantitative estimate of drug-likeness (QED) is 0.867. The van der Waals surface area contributed by atoms with Crippen LogP contribution >= 0.6 is 11.6 Å². The molecule has 0 aromatic carbocycles. The molecule has 2 aromatic rings. The molecule has 2 aliphatic rings. The van der Waals surface area contributed by atoms with Gasteiger partial charge in [-0.1, -0.05) is 11.6 Å². The molecule has 0 radical (unpaired) electrons. The van der Waals surface area contributed by atoms with Crippen molar-refractivity contribution in [3.63, 3.8) is 0 Å². The zero-order valence-electron chi connectivity index (χ0n) is 12.7. The Hall–Kier alpha value is -2.01. The Labute approximate surface area is 139 Å². The van der Waals surface area contributed by atoms with E-state index in [2.05, 4.69) is 9.88 Å². The molecule has 4 rings (SSSR count). The van der Waals surface area contributed by atoms with Gasteiger partial charge >= 0.3 is 0 Å². The van der Waals surface area contributed by atoms with Crippen molar-refractivity contribution in [2.45, 2.75) is 12.3 Å². The van der Waals surface area contributed by atoms with Crippen LogP contribution in [-0.4, -0.2) is 42.0 Å². The molecule has 0 N–H and O–H groups in total. The van der Waals surface area contributed by atoms with Crippen molar-refractivity contribution in [2.24, 2.45) is 5.92 Å². The molecule has 23 heavy (non-hydrogen) atoms. The topological polar surface area (TPSA) is 49.6 Å². The van der Waals surface area contributed by atoms with Crippen LogP contribution < -0.4 is 4.90 Å². The number of hydrogen-bond acceptors (Lipinski definition) is 4. The van der Waals surface area contributed by atoms with Gasteiger partial charge in [0.1, 0.15) is 11.6 Å². The van der Waals surface area contributed by atoms with E-state index in [9.17, 15) is 4.79 Å². The molecule has 2 fully saturated rings. The van der Waals surface area contributed by atoms with Crippen LogP contribution in [-0.2, 0) is 4.79 Å². The zero-order valence-corrected chi connectivity index (χ0v) is 13.4. The molecule has 1 saturated carbocycles. The molecule has 1 saturated heterocycles. The number of halogens is 1. The van der Waals surface area contributed by atoms with Crippen LogP contribution in [0.5, 0.6) is 0 Å². The van der Waals surface area contributed by atoms with Gasteiger partial charge in [-0.3, -0.25) is 4.79 Å². The Bertz CT molecular complexity index is 696. The van der Waals surface area contributed by atoms with Gasteiger partial charge in [-0.15, -0.1) is 0 Å². The van der Waals surface area contributed by atoms with Crippen LogP contribution in [0.15, 0.2) is 41.1 Å². The Morgan fingerprint density at radius 2 is 2.04 bits per heavy atom. The standard InChI is InChI=1S/C17H18ClN3O2/c18-14-3-1-5-19-16(14)20-6-8-21(9-7-20)17(22)13-11-12(13)15-4-2-10-23-15/h1-5,10,12-13H,6-9,11H2/t12-,13-/m0/s1. The van der Waals surface area contributed by atoms with Crippen molar-refractivity contribution in [1.82, 2.24) is 9.88 Å². The fourth-order valence-corrected chi connectivity index (χ4v) is 3.51. The van der Waals surface area contributed by atoms with E-state index in [1.54, 1.807) is 12.5 Å². The van der Waals surface area contributed by atoms with E-state index in [4.69, 9.17) is 16.0 Å². The largest absolute Gasteiger partial charge is 0.469 e. The average molecular weight is 332 g/mol. The summed E-state index contributed by atoms with van der Waals surface area (Å²) in [6, 6.07) is 7.51. The van der Waals surface area contributed by atoms with Crippen molar-refractivity contribution in [3.05, 3.63) is 47.5 Å². The molecule has 1 aliphatic heterocycles. The second-order valence-electron chi connectivity index (χ2n) is 6.09. The Morgan fingerprint density at radius 1 is 1.22 bits per heavy atom. The zero-order chi connectivity index (χ0) is 15.8. The van der Waals surface area contributed by atoms with E-state index >= 15 is 0 Å². The van der Waals surface area contributed by atoms with E-state index in [-0.39, 0.29) is 17.7 Å². The smallest absolute Gasteiger partial charge is 0.226 e. The molecule has 0 spiro atoms. The van der Waals surface area contributed by atoms with E-state index in [1.807, 2.05) is 29.2 Å². The SMILES string of the molecule is O=C([C@H]1C[C@@H]1c1ccco1)N1CCN(c2ncccc2Cl)CC1. The van der Waals surface area contributed by atoms with E-state index in [0.29, 0.717) is 18.1 Å². The normalized spacial score (nSPS) is 23.9. The minimum absolute atomic E-state index is 0.0890. The number of amides is 1. The summed E-state index contributed by atoms with van der Waals surface area (Å²) in [5.74, 6) is 2.34. The third-order valence-electron chi connectivity index (χ3n) is 4.65. The van der Waals surface area contributed by atoms with E-state index < -0.39 is 0 Å². The number of carbonyl (C=O) groups excluding carboxylic acids is 1. The van der Waals surface area contributed by atoms with E-state index in [0.717, 1.165) is 31.1 Å². The van der Waals surface area contributed by atoms with Gasteiger partial charge in [-0.25, -0.2) is 4.98 Å². The maximum absolute atomic E-state index is 12.6. The highest BCUT2D eigenvalue weighted by atomic mass is 35.5. The predicted octanol–water partition coefficient (Wildman–Crippen LogP) is 2.78. The highest BCUT2D eigenvalue weighted by Gasteiger charge is 2.47. The first-order valence-electron chi connectivity index (χ1n) is 7.91. The molecule has 0 unspecified atom stereocenters. The highest BCUT2D eigenvalue weighted by molar-refractivity contribution is 6.32. The third-order valence-corrected chi connectivity index (χ3v) is 4.94. The fraction of sp³-hybridized carbons (Fsp3) is 0.412. The van der Waals surface area contributed by atoms with Gasteiger partial charge in [0.05, 0.1) is 11.3 Å². The van der Waals surface area contributed by atoms with Crippen LogP contribution in [0, 0.1) is 5.92 Å². The average Bonchev–Trinajstić information content (AvgIpc) is 3.20. The molecule has 6 heteroatoms. The van der Waals surface area contributed by atoms with Gasteiger partial charge in [-0.05, 0) is 30.7 Å². The summed E-state index contributed by atoms with van der Waals surface area (Å²) in [6.07, 6.45) is 4.32. The van der Waals surface area contributed by atoms with Crippen LogP contribution in [0.4, 0.5) is 5.82 Å². The van der Waals surface area contributed by atoms with Crippen LogP contribution in [0.2, 0.25) is 5.02 Å². The van der Waals surface area contributed by atoms with Gasteiger partial charge in [0, 0.05) is 44.2 Å². The number of hydrogen-bond donors (Lipinski definition) is 0. The van der Waals surface area contributed by atoms with Crippen LogP contribution in [0.3, 0.4) is 0 Å². The lowest BCUT2D eigenvalue weighted by atomic mass is 10.2. The second-order valence-corrected chi connectivity index (χ2v) is 6.49. The predicted molar refractivity (Wildman–Crippen MR) is 87.6 cm³/mol. The maximum atomic E-state index is 12.6. The van der Waals surface area contributed by atoms with Crippen molar-refractivity contribution in [3.8, 4) is 0 Å². The third kappa shape index (κ3) is 2.81. The van der Waals surface area contributed by atoms with Crippen molar-refractivity contribution in [1.29, 1.82) is 0 Å². The molecule has 1 amide bonds. The Kier molecular flexibility index (Phi) is 3.73. The first kappa shape index (κ1) is 14.6. The van der Waals surface area contributed by atoms with E-state index in [1.165, 1.54) is 0 Å². The first-order chi connectivity index (χ1) is 11.2. The Balaban J connectivity index is 1.35. The number of furan rings is 1. The van der Waals surface area contributed by atoms with Gasteiger partial charge in [-0.2, -0.15) is 0 Å². The number of anilines is 1. The summed E-state index contributed by atoms with van der Waals surface area (Å²) < 4.78 is 5.41. The minimum atomic E-state index is 0.0890. The summed E-state index contributed by atoms with van der Waals surface area (Å²) in [7, 11) is 0. The molecular formula is C17H18ClN3O2. The number of piperazine rings is 1. The summed E-state index contributed by atoms with van der Waals surface area (Å²) in [4.78, 5) is 21.0. The van der Waals surface area contributed by atoms with Gasteiger partial charge in [0.25, 0.3) is 0 Å². The fourth-order valence-electron chi connectivity index (χ4n) is 3.27. The molecule has 1 aliphatic carbocycles. The van der Waals surface area contributed by atoms with Crippen molar-refractivity contribution in [2.75, 3.05) is 31.1 Å². The second kappa shape index (κ2) is 5.89. The minimum Gasteiger partial charge on any atom is -0.469 e. The van der Waals surface area contributed by atoms with Gasteiger partial charge in [0.2, 0.25) is 5.91 Å². The molecule has 3 heterocycles. The molecule has 2 atom stereocenters. The monoisotopic (exact) mass is 331 g/mol. The Morgan fingerprint density at radius 3 is 2.74 bits per heavy atom. The molecular weight excluding hydrogens is 314 g/mol. The summed E-state index contributed by atoms with van der Waals surface area (Å²) in [5, 5.41) is 0.660. The number of aromatic nitrogens is 1. The maximum Gasteiger partial charge on any atom is 0.226 e. The summed E-state index contributed by atoms with van der Waals surface area (Å²) >= 11 is 6.20. The van der Waals surface area contributed by atoms with Crippen molar-refractivity contribution >= 4 is 23.3 Å². The molecule has 2 aromatic heterocycles. The lowest BCUT2D eigenvalue weighted by Crippen LogP contribution is -2.49. The first-order valence-corrected chi connectivity index (χ1v) is 8.29. The molecule has 0 bridgehead atoms. The lowest BCUT2D eigenvalue weighted by Gasteiger charge is -2.35. The lowest BCUT2D eigenvalue weighted by molar-refractivity contribution is -0.133. The highest BCUT2D eigenvalue weighted by Crippen LogP contribution is 2.48. The van der Waals surface area contributed by atoms with Gasteiger partial charge in [0.15, 0.2) is 0 Å². The van der Waals surface area contributed by atoms with Gasteiger partial charge < -0.3 is 14.2 Å². The molecule has 120 valence electrons. The van der Waals surface area contributed by atoms with Crippen LogP contribution in [0.25, 0.3) is 0 Å². The summed E-state index contributed by atoms with van der Waals surface area (Å²) in [6.45, 7) is 2.96. The summed E-state index contributed by atoms with van der Waals surface area (Å²) in [5.41, 5.74) is 0. The molecule has 5 nitrogen and oxygen atoms in total. The van der Waals surface area contributed by atoms with Crippen LogP contribution in [0.1, 0.15) is 18.1 Å². The number of carbonyl (C=O) groups is 1. The number of nitrogens with zero attached hydrogens (tertiary/aromatic N) is 3. The number of pyridine rings is 1.